The van der Waals surface area contributed by atoms with Crippen LogP contribution >= 0.6 is 11.6 Å². The smallest absolute Gasteiger partial charge is 0.263 e. The molecule has 6 heteroatoms. The molecular weight excluding hydrogens is 250 g/mol. The Hall–Kier alpha value is -1.75. The average Bonchev–Trinajstić information content (AvgIpc) is 2.32. The average molecular weight is 257 g/mol. The van der Waals surface area contributed by atoms with E-state index in [0.29, 0.717) is 0 Å². The molecule has 1 heterocycles. The van der Waals surface area contributed by atoms with E-state index in [9.17, 15) is 8.78 Å². The van der Waals surface area contributed by atoms with E-state index >= 15 is 0 Å². The molecule has 2 rings (SSSR count). The monoisotopic (exact) mass is 256 g/mol. The van der Waals surface area contributed by atoms with Gasteiger partial charge in [0.2, 0.25) is 0 Å². The van der Waals surface area contributed by atoms with Crippen molar-refractivity contribution >= 4 is 11.6 Å². The number of nitrogens with zero attached hydrogens (tertiary/aromatic N) is 2. The number of halogens is 3. The van der Waals surface area contributed by atoms with Gasteiger partial charge >= 0.3 is 0 Å². The minimum atomic E-state index is -2.55. The van der Waals surface area contributed by atoms with Crippen molar-refractivity contribution in [2.75, 3.05) is 0 Å². The SMILES string of the molecule is FC(F)c1cccc(Oc2nccnc2Cl)c1. The lowest BCUT2D eigenvalue weighted by Crippen LogP contribution is -1.91. The lowest BCUT2D eigenvalue weighted by Gasteiger charge is -2.06. The van der Waals surface area contributed by atoms with Crippen LogP contribution in [0, 0.1) is 0 Å². The molecular formula is C11H7ClF2N2O. The Morgan fingerprint density at radius 1 is 1.18 bits per heavy atom. The summed E-state index contributed by atoms with van der Waals surface area (Å²) >= 11 is 5.73. The molecule has 1 aromatic carbocycles. The molecule has 0 unspecified atom stereocenters. The van der Waals surface area contributed by atoms with Gasteiger partial charge in [-0.2, -0.15) is 0 Å². The van der Waals surface area contributed by atoms with Crippen molar-refractivity contribution in [1.29, 1.82) is 0 Å². The summed E-state index contributed by atoms with van der Waals surface area (Å²) in [5.74, 6) is 0.325. The standard InChI is InChI=1S/C11H7ClF2N2O/c12-9-11(16-5-4-15-9)17-8-3-1-2-7(6-8)10(13)14/h1-6,10H. The molecule has 2 aromatic rings. The van der Waals surface area contributed by atoms with Crippen molar-refractivity contribution in [2.24, 2.45) is 0 Å². The fourth-order valence-electron chi connectivity index (χ4n) is 1.20. The molecule has 0 N–H and O–H groups in total. The summed E-state index contributed by atoms with van der Waals surface area (Å²) in [5.41, 5.74) is -0.123. The molecule has 0 spiro atoms. The summed E-state index contributed by atoms with van der Waals surface area (Å²) in [5, 5.41) is 0.0787. The first kappa shape index (κ1) is 11.7. The highest BCUT2D eigenvalue weighted by Gasteiger charge is 2.09. The summed E-state index contributed by atoms with van der Waals surface area (Å²) in [6, 6.07) is 5.56. The largest absolute Gasteiger partial charge is 0.436 e. The fraction of sp³-hybridized carbons (Fsp3) is 0.0909. The molecule has 0 aliphatic carbocycles. The second kappa shape index (κ2) is 5.05. The van der Waals surface area contributed by atoms with Crippen LogP contribution in [0.15, 0.2) is 36.7 Å². The van der Waals surface area contributed by atoms with Crippen LogP contribution in [0.5, 0.6) is 11.6 Å². The van der Waals surface area contributed by atoms with Gasteiger partial charge in [0.1, 0.15) is 5.75 Å². The molecule has 0 amide bonds. The number of aromatic nitrogens is 2. The predicted octanol–water partition coefficient (Wildman–Crippen LogP) is 3.86. The Bertz CT molecular complexity index is 522. The van der Waals surface area contributed by atoms with Crippen molar-refractivity contribution in [2.45, 2.75) is 6.43 Å². The van der Waals surface area contributed by atoms with E-state index in [0.717, 1.165) is 0 Å². The first-order valence-electron chi connectivity index (χ1n) is 4.69. The number of rotatable bonds is 3. The summed E-state index contributed by atoms with van der Waals surface area (Å²) in [6.45, 7) is 0. The number of alkyl halides is 2. The lowest BCUT2D eigenvalue weighted by atomic mass is 10.2. The summed E-state index contributed by atoms with van der Waals surface area (Å²) < 4.78 is 30.2. The van der Waals surface area contributed by atoms with Crippen LogP contribution < -0.4 is 4.74 Å². The normalized spacial score (nSPS) is 10.6. The Morgan fingerprint density at radius 3 is 2.65 bits per heavy atom. The van der Waals surface area contributed by atoms with E-state index in [1.54, 1.807) is 0 Å². The van der Waals surface area contributed by atoms with E-state index in [-0.39, 0.29) is 22.3 Å². The van der Waals surface area contributed by atoms with Crippen molar-refractivity contribution in [1.82, 2.24) is 9.97 Å². The quantitative estimate of drug-likeness (QED) is 0.836. The minimum absolute atomic E-state index is 0.0787. The Morgan fingerprint density at radius 2 is 1.94 bits per heavy atom. The van der Waals surface area contributed by atoms with Crippen molar-refractivity contribution in [3.8, 4) is 11.6 Å². The highest BCUT2D eigenvalue weighted by Crippen LogP contribution is 2.28. The van der Waals surface area contributed by atoms with Gasteiger partial charge in [-0.3, -0.25) is 0 Å². The second-order valence-electron chi connectivity index (χ2n) is 3.13. The predicted molar refractivity (Wildman–Crippen MR) is 58.5 cm³/mol. The topological polar surface area (TPSA) is 35.0 Å². The molecule has 1 aromatic heterocycles. The van der Waals surface area contributed by atoms with Crippen LogP contribution in [0.3, 0.4) is 0 Å². The van der Waals surface area contributed by atoms with Gasteiger partial charge in [0.25, 0.3) is 12.3 Å². The maximum atomic E-state index is 12.5. The van der Waals surface area contributed by atoms with Crippen molar-refractivity contribution in [3.63, 3.8) is 0 Å². The van der Waals surface area contributed by atoms with Crippen LogP contribution in [0.4, 0.5) is 8.78 Å². The Labute approximate surface area is 101 Å². The Balaban J connectivity index is 2.25. The third-order valence-electron chi connectivity index (χ3n) is 1.95. The van der Waals surface area contributed by atoms with Gasteiger partial charge in [-0.25, -0.2) is 18.7 Å². The van der Waals surface area contributed by atoms with Crippen LogP contribution in [0.25, 0.3) is 0 Å². The highest BCUT2D eigenvalue weighted by molar-refractivity contribution is 6.30. The van der Waals surface area contributed by atoms with E-state index in [2.05, 4.69) is 9.97 Å². The number of hydrogen-bond donors (Lipinski definition) is 0. The van der Waals surface area contributed by atoms with Crippen LogP contribution in [0.2, 0.25) is 5.15 Å². The molecule has 0 saturated carbocycles. The summed E-state index contributed by atoms with van der Waals surface area (Å²) in [7, 11) is 0. The van der Waals surface area contributed by atoms with E-state index in [1.807, 2.05) is 0 Å². The minimum Gasteiger partial charge on any atom is -0.436 e. The first-order valence-corrected chi connectivity index (χ1v) is 5.07. The molecule has 0 fully saturated rings. The van der Waals surface area contributed by atoms with Crippen molar-refractivity contribution in [3.05, 3.63) is 47.4 Å². The zero-order valence-electron chi connectivity index (χ0n) is 8.48. The summed E-state index contributed by atoms with van der Waals surface area (Å²) in [6.07, 6.45) is 0.263. The van der Waals surface area contributed by atoms with Gasteiger partial charge < -0.3 is 4.74 Å². The number of ether oxygens (including phenoxy) is 1. The van der Waals surface area contributed by atoms with E-state index in [1.165, 1.54) is 36.7 Å². The molecule has 0 saturated heterocycles. The highest BCUT2D eigenvalue weighted by atomic mass is 35.5. The van der Waals surface area contributed by atoms with E-state index in [4.69, 9.17) is 16.3 Å². The van der Waals surface area contributed by atoms with Crippen LogP contribution in [0.1, 0.15) is 12.0 Å². The van der Waals surface area contributed by atoms with Crippen LogP contribution in [-0.4, -0.2) is 9.97 Å². The third kappa shape index (κ3) is 2.88. The lowest BCUT2D eigenvalue weighted by molar-refractivity contribution is 0.151. The van der Waals surface area contributed by atoms with E-state index < -0.39 is 6.43 Å². The third-order valence-corrected chi connectivity index (χ3v) is 2.21. The van der Waals surface area contributed by atoms with Gasteiger partial charge in [-0.15, -0.1) is 0 Å². The molecule has 0 aliphatic rings. The van der Waals surface area contributed by atoms with Gasteiger partial charge in [0, 0.05) is 18.0 Å². The number of benzene rings is 1. The van der Waals surface area contributed by atoms with Gasteiger partial charge in [-0.1, -0.05) is 23.7 Å². The molecule has 3 nitrogen and oxygen atoms in total. The van der Waals surface area contributed by atoms with Crippen LogP contribution in [-0.2, 0) is 0 Å². The van der Waals surface area contributed by atoms with Crippen molar-refractivity contribution < 1.29 is 13.5 Å². The first-order chi connectivity index (χ1) is 8.16. The zero-order chi connectivity index (χ0) is 12.3. The molecule has 0 radical (unpaired) electrons. The summed E-state index contributed by atoms with van der Waals surface area (Å²) in [4.78, 5) is 7.61. The molecule has 0 atom stereocenters. The maximum absolute atomic E-state index is 12.5. The van der Waals surface area contributed by atoms with Gasteiger partial charge in [-0.05, 0) is 12.1 Å². The fourth-order valence-corrected chi connectivity index (χ4v) is 1.35. The Kier molecular flexibility index (Phi) is 3.49. The molecule has 0 aliphatic heterocycles. The van der Waals surface area contributed by atoms with Gasteiger partial charge in [0.05, 0.1) is 0 Å². The molecule has 17 heavy (non-hydrogen) atoms. The zero-order valence-corrected chi connectivity index (χ0v) is 9.23. The maximum Gasteiger partial charge on any atom is 0.263 e. The second-order valence-corrected chi connectivity index (χ2v) is 3.49. The number of hydrogen-bond acceptors (Lipinski definition) is 3. The molecule has 0 bridgehead atoms. The van der Waals surface area contributed by atoms with Gasteiger partial charge in [0.15, 0.2) is 5.15 Å². The molecule has 88 valence electrons.